The topological polar surface area (TPSA) is 97.8 Å². The molecular weight excluding hydrogens is 344 g/mol. The molecule has 7 nitrogen and oxygen atoms in total. The number of hydrogen-bond acceptors (Lipinski definition) is 5. The van der Waals surface area contributed by atoms with Gasteiger partial charge in [0.05, 0.1) is 13.2 Å². The number of methoxy groups -OCH3 is 1. The Balaban J connectivity index is 2.52. The first-order valence-electron chi connectivity index (χ1n) is 6.22. The van der Waals surface area contributed by atoms with Crippen LogP contribution in [-0.2, 0) is 25.5 Å². The third-order valence-electron chi connectivity index (χ3n) is 2.56. The van der Waals surface area contributed by atoms with Crippen LogP contribution in [-0.4, -0.2) is 54.9 Å². The van der Waals surface area contributed by atoms with Crippen molar-refractivity contribution < 1.29 is 24.2 Å². The van der Waals surface area contributed by atoms with Crippen molar-refractivity contribution >= 4 is 27.8 Å². The summed E-state index contributed by atoms with van der Waals surface area (Å²) in [6.07, 6.45) is 1.72. The maximum absolute atomic E-state index is 11.6. The summed E-state index contributed by atoms with van der Waals surface area (Å²) in [6.45, 7) is 0.440. The fraction of sp³-hybridized carbons (Fsp3) is 0.462. The Morgan fingerprint density at radius 3 is 2.86 bits per heavy atom. The molecule has 1 aromatic heterocycles. The molecule has 1 amide bonds. The van der Waals surface area contributed by atoms with Gasteiger partial charge in [0, 0.05) is 19.7 Å². The minimum absolute atomic E-state index is 0.133. The maximum Gasteiger partial charge on any atom is 0.326 e. The molecule has 0 aromatic carbocycles. The molecule has 0 radical (unpaired) electrons. The van der Waals surface area contributed by atoms with E-state index in [1.807, 2.05) is 0 Å². The van der Waals surface area contributed by atoms with Gasteiger partial charge in [0.2, 0.25) is 5.91 Å². The average molecular weight is 361 g/mol. The molecule has 0 bridgehead atoms. The average Bonchev–Trinajstić information content (AvgIpc) is 2.45. The Hall–Kier alpha value is -1.51. The minimum Gasteiger partial charge on any atom is -0.480 e. The molecule has 0 unspecified atom stereocenters. The number of nitrogens with zero attached hydrogens (tertiary/aromatic N) is 1. The summed E-state index contributed by atoms with van der Waals surface area (Å²) in [4.78, 5) is 26.9. The lowest BCUT2D eigenvalue weighted by Gasteiger charge is -2.15. The predicted molar refractivity (Wildman–Crippen MR) is 77.9 cm³/mol. The smallest absolute Gasteiger partial charge is 0.326 e. The predicted octanol–water partition coefficient (Wildman–Crippen LogP) is 0.619. The highest BCUT2D eigenvalue weighted by atomic mass is 79.9. The van der Waals surface area contributed by atoms with Crippen LogP contribution < -0.4 is 5.32 Å². The summed E-state index contributed by atoms with van der Waals surface area (Å²) in [5, 5.41) is 11.6. The number of carbonyl (C=O) groups is 2. The van der Waals surface area contributed by atoms with Gasteiger partial charge in [-0.1, -0.05) is 6.07 Å². The summed E-state index contributed by atoms with van der Waals surface area (Å²) < 4.78 is 10.4. The van der Waals surface area contributed by atoms with Crippen LogP contribution in [0, 0.1) is 0 Å². The lowest BCUT2D eigenvalue weighted by Crippen LogP contribution is -2.44. The lowest BCUT2D eigenvalue weighted by molar-refractivity contribution is -0.142. The zero-order valence-corrected chi connectivity index (χ0v) is 13.1. The van der Waals surface area contributed by atoms with E-state index < -0.39 is 17.9 Å². The molecule has 116 valence electrons. The van der Waals surface area contributed by atoms with E-state index in [4.69, 9.17) is 9.47 Å². The monoisotopic (exact) mass is 360 g/mol. The van der Waals surface area contributed by atoms with Gasteiger partial charge in [-0.25, -0.2) is 9.78 Å². The van der Waals surface area contributed by atoms with Gasteiger partial charge in [0.25, 0.3) is 0 Å². The number of halogens is 1. The van der Waals surface area contributed by atoms with E-state index in [1.165, 1.54) is 7.11 Å². The number of pyridine rings is 1. The Labute approximate surface area is 130 Å². The van der Waals surface area contributed by atoms with E-state index in [0.717, 1.165) is 0 Å². The molecule has 0 fully saturated rings. The first kappa shape index (κ1) is 17.5. The van der Waals surface area contributed by atoms with Crippen molar-refractivity contribution in [3.63, 3.8) is 0 Å². The van der Waals surface area contributed by atoms with Gasteiger partial charge in [-0.3, -0.25) is 4.79 Å². The number of nitrogens with one attached hydrogen (secondary N) is 1. The molecule has 1 heterocycles. The fourth-order valence-corrected chi connectivity index (χ4v) is 1.95. The van der Waals surface area contributed by atoms with Gasteiger partial charge < -0.3 is 19.9 Å². The van der Waals surface area contributed by atoms with E-state index in [1.54, 1.807) is 18.3 Å². The highest BCUT2D eigenvalue weighted by Crippen LogP contribution is 2.14. The molecule has 0 saturated heterocycles. The number of rotatable bonds is 9. The third-order valence-corrected chi connectivity index (χ3v) is 3.27. The van der Waals surface area contributed by atoms with Crippen molar-refractivity contribution in [2.75, 3.05) is 26.9 Å². The number of carboxylic acid groups (broad SMARTS) is 1. The molecular formula is C13H17BrN2O5. The number of carbonyl (C=O) groups excluding carboxylic acids is 1. The number of aromatic nitrogens is 1. The number of carboxylic acids is 1. The fourth-order valence-electron chi connectivity index (χ4n) is 1.53. The molecule has 0 aliphatic carbocycles. The molecule has 1 aromatic rings. The van der Waals surface area contributed by atoms with Gasteiger partial charge in [-0.15, -0.1) is 0 Å². The van der Waals surface area contributed by atoms with Crippen LogP contribution in [0.15, 0.2) is 22.9 Å². The molecule has 0 saturated carbocycles. The molecule has 8 heteroatoms. The number of hydrogen-bond donors (Lipinski definition) is 2. The van der Waals surface area contributed by atoms with Crippen molar-refractivity contribution in [3.8, 4) is 0 Å². The van der Waals surface area contributed by atoms with E-state index >= 15 is 0 Å². The Kier molecular flexibility index (Phi) is 7.88. The van der Waals surface area contributed by atoms with Crippen LogP contribution in [0.4, 0.5) is 0 Å². The minimum atomic E-state index is -1.11. The Morgan fingerprint density at radius 1 is 1.48 bits per heavy atom. The van der Waals surface area contributed by atoms with Gasteiger partial charge in [0.15, 0.2) is 0 Å². The van der Waals surface area contributed by atoms with Crippen molar-refractivity contribution in [2.45, 2.75) is 12.5 Å². The van der Waals surface area contributed by atoms with Crippen LogP contribution in [0.2, 0.25) is 0 Å². The van der Waals surface area contributed by atoms with Crippen molar-refractivity contribution in [3.05, 3.63) is 28.5 Å². The van der Waals surface area contributed by atoms with Crippen molar-refractivity contribution in [1.82, 2.24) is 10.3 Å². The Bertz CT molecular complexity index is 483. The van der Waals surface area contributed by atoms with Crippen LogP contribution in [0.5, 0.6) is 0 Å². The number of ether oxygens (including phenoxy) is 2. The summed E-state index contributed by atoms with van der Waals surface area (Å²) >= 11 is 3.24. The van der Waals surface area contributed by atoms with Crippen molar-refractivity contribution in [1.29, 1.82) is 0 Å². The highest BCUT2D eigenvalue weighted by Gasteiger charge is 2.21. The van der Waals surface area contributed by atoms with E-state index in [0.29, 0.717) is 16.8 Å². The number of aliphatic carboxylic acids is 1. The molecule has 21 heavy (non-hydrogen) atoms. The lowest BCUT2D eigenvalue weighted by atomic mass is 10.1. The molecule has 0 aliphatic rings. The molecule has 2 N–H and O–H groups in total. The van der Waals surface area contributed by atoms with Gasteiger partial charge in [-0.2, -0.15) is 0 Å². The Morgan fingerprint density at radius 2 is 2.24 bits per heavy atom. The summed E-state index contributed by atoms with van der Waals surface area (Å²) in [5.41, 5.74) is 0.700. The molecule has 1 atom stereocenters. The zero-order valence-electron chi connectivity index (χ0n) is 11.5. The molecule has 1 rings (SSSR count). The second-order valence-electron chi connectivity index (χ2n) is 4.16. The van der Waals surface area contributed by atoms with Crippen molar-refractivity contribution in [2.24, 2.45) is 0 Å². The second kappa shape index (κ2) is 9.43. The largest absolute Gasteiger partial charge is 0.480 e. The standard InChI is InChI=1S/C13H17BrN2O5/c1-20-5-6-21-8-11(17)16-10(13(18)19)7-9-3-2-4-15-12(9)14/h2-4,10H,5-8H2,1H3,(H,16,17)(H,18,19)/t10-/m1/s1. The van der Waals surface area contributed by atoms with E-state index in [-0.39, 0.29) is 19.6 Å². The first-order chi connectivity index (χ1) is 10.0. The third kappa shape index (κ3) is 6.65. The second-order valence-corrected chi connectivity index (χ2v) is 4.91. The van der Waals surface area contributed by atoms with Gasteiger partial charge in [-0.05, 0) is 27.6 Å². The number of amides is 1. The zero-order chi connectivity index (χ0) is 15.7. The van der Waals surface area contributed by atoms with E-state index in [9.17, 15) is 14.7 Å². The van der Waals surface area contributed by atoms with E-state index in [2.05, 4.69) is 26.2 Å². The molecule has 0 spiro atoms. The van der Waals surface area contributed by atoms with Gasteiger partial charge in [0.1, 0.15) is 17.3 Å². The van der Waals surface area contributed by atoms with Crippen LogP contribution in [0.25, 0.3) is 0 Å². The van der Waals surface area contributed by atoms with Crippen LogP contribution in [0.3, 0.4) is 0 Å². The normalized spacial score (nSPS) is 11.9. The van der Waals surface area contributed by atoms with Gasteiger partial charge >= 0.3 is 5.97 Å². The van der Waals surface area contributed by atoms with Crippen LogP contribution in [0.1, 0.15) is 5.56 Å². The summed E-state index contributed by atoms with van der Waals surface area (Å²) in [6, 6.07) is 2.41. The maximum atomic E-state index is 11.6. The SMILES string of the molecule is COCCOCC(=O)N[C@H](Cc1cccnc1Br)C(=O)O. The first-order valence-corrected chi connectivity index (χ1v) is 7.02. The molecule has 0 aliphatic heterocycles. The summed E-state index contributed by atoms with van der Waals surface area (Å²) in [5.74, 6) is -1.60. The van der Waals surface area contributed by atoms with Crippen LogP contribution >= 0.6 is 15.9 Å². The summed E-state index contributed by atoms with van der Waals surface area (Å²) in [7, 11) is 1.52. The quantitative estimate of drug-likeness (QED) is 0.494. The highest BCUT2D eigenvalue weighted by molar-refractivity contribution is 9.10.